The monoisotopic (exact) mass is 308 g/mol. The second kappa shape index (κ2) is 5.14. The van der Waals surface area contributed by atoms with E-state index in [1.165, 1.54) is 15.8 Å². The van der Waals surface area contributed by atoms with Gasteiger partial charge in [-0.25, -0.2) is 4.98 Å². The average Bonchev–Trinajstić information content (AvgIpc) is 3.06. The largest absolute Gasteiger partial charge is 0.493 e. The van der Waals surface area contributed by atoms with Gasteiger partial charge in [-0.05, 0) is 37.6 Å². The van der Waals surface area contributed by atoms with Gasteiger partial charge in [0.25, 0.3) is 0 Å². The molecule has 110 valence electrons. The highest BCUT2D eigenvalue weighted by Gasteiger charge is 2.14. The first-order chi connectivity index (χ1) is 10.8. The number of para-hydroxylation sites is 2. The first-order valence-corrected chi connectivity index (χ1v) is 8.19. The standard InChI is InChI=1S/C18H16N2OS/c1-3-21-15-9-5-4-8-13(15)14-11-20-17-12(2)7-6-10-16(17)22-18(20)19-14/h4-11H,3H2,1-2H3. The zero-order valence-corrected chi connectivity index (χ0v) is 13.4. The summed E-state index contributed by atoms with van der Waals surface area (Å²) in [6.45, 7) is 4.79. The third-order valence-electron chi connectivity index (χ3n) is 3.78. The summed E-state index contributed by atoms with van der Waals surface area (Å²) in [5.74, 6) is 0.886. The van der Waals surface area contributed by atoms with Crippen LogP contribution in [0.1, 0.15) is 12.5 Å². The quantitative estimate of drug-likeness (QED) is 0.537. The Kier molecular flexibility index (Phi) is 3.12. The zero-order chi connectivity index (χ0) is 15.1. The molecule has 2 aromatic heterocycles. The van der Waals surface area contributed by atoms with E-state index >= 15 is 0 Å². The van der Waals surface area contributed by atoms with E-state index in [-0.39, 0.29) is 0 Å². The molecule has 0 N–H and O–H groups in total. The number of nitrogens with zero attached hydrogens (tertiary/aromatic N) is 2. The minimum atomic E-state index is 0.654. The van der Waals surface area contributed by atoms with Crippen LogP contribution in [0.4, 0.5) is 0 Å². The predicted molar refractivity (Wildman–Crippen MR) is 91.9 cm³/mol. The van der Waals surface area contributed by atoms with Crippen molar-refractivity contribution in [2.75, 3.05) is 6.61 Å². The number of benzene rings is 2. The van der Waals surface area contributed by atoms with Crippen LogP contribution in [-0.2, 0) is 0 Å². The summed E-state index contributed by atoms with van der Waals surface area (Å²) in [6.07, 6.45) is 2.11. The van der Waals surface area contributed by atoms with Gasteiger partial charge in [0.1, 0.15) is 5.75 Å². The van der Waals surface area contributed by atoms with E-state index in [0.717, 1.165) is 22.0 Å². The molecule has 0 radical (unpaired) electrons. The van der Waals surface area contributed by atoms with Gasteiger partial charge in [-0.2, -0.15) is 0 Å². The zero-order valence-electron chi connectivity index (χ0n) is 12.5. The van der Waals surface area contributed by atoms with Crippen molar-refractivity contribution in [3.05, 3.63) is 54.2 Å². The van der Waals surface area contributed by atoms with Crippen LogP contribution < -0.4 is 4.74 Å². The van der Waals surface area contributed by atoms with Gasteiger partial charge >= 0.3 is 0 Å². The summed E-state index contributed by atoms with van der Waals surface area (Å²) in [5.41, 5.74) is 4.52. The molecule has 0 aliphatic carbocycles. The first kappa shape index (κ1) is 13.3. The molecule has 0 amide bonds. The molecule has 2 heterocycles. The highest BCUT2D eigenvalue weighted by Crippen LogP contribution is 2.34. The van der Waals surface area contributed by atoms with Gasteiger partial charge in [0.2, 0.25) is 0 Å². The van der Waals surface area contributed by atoms with E-state index in [4.69, 9.17) is 9.72 Å². The average molecular weight is 308 g/mol. The molecule has 0 atom stereocenters. The second-order valence-electron chi connectivity index (χ2n) is 5.23. The molecule has 2 aromatic carbocycles. The van der Waals surface area contributed by atoms with Gasteiger partial charge in [0.05, 0.1) is 22.5 Å². The number of fused-ring (bicyclic) bond motifs is 3. The SMILES string of the molecule is CCOc1ccccc1-c1cn2c(n1)sc1cccc(C)c12. The molecule has 0 saturated carbocycles. The fourth-order valence-corrected chi connectivity index (χ4v) is 3.89. The molecule has 0 unspecified atom stereocenters. The number of imidazole rings is 1. The maximum Gasteiger partial charge on any atom is 0.195 e. The number of hydrogen-bond donors (Lipinski definition) is 0. The highest BCUT2D eigenvalue weighted by molar-refractivity contribution is 7.23. The fraction of sp³-hybridized carbons (Fsp3) is 0.167. The lowest BCUT2D eigenvalue weighted by Crippen LogP contribution is -1.93. The Morgan fingerprint density at radius 2 is 2.00 bits per heavy atom. The Labute approximate surface area is 132 Å². The Morgan fingerprint density at radius 3 is 2.86 bits per heavy atom. The molecule has 0 fully saturated rings. The number of aromatic nitrogens is 2. The van der Waals surface area contributed by atoms with Gasteiger partial charge in [0.15, 0.2) is 4.96 Å². The Bertz CT molecular complexity index is 968. The van der Waals surface area contributed by atoms with E-state index in [2.05, 4.69) is 41.8 Å². The van der Waals surface area contributed by atoms with Crippen molar-refractivity contribution in [1.29, 1.82) is 0 Å². The molecule has 0 aliphatic heterocycles. The Morgan fingerprint density at radius 1 is 1.14 bits per heavy atom. The number of hydrogen-bond acceptors (Lipinski definition) is 3. The van der Waals surface area contributed by atoms with Gasteiger partial charge in [-0.1, -0.05) is 35.6 Å². The summed E-state index contributed by atoms with van der Waals surface area (Å²) in [6, 6.07) is 14.5. The molecule has 4 heteroatoms. The number of ether oxygens (including phenoxy) is 1. The predicted octanol–water partition coefficient (Wildman–Crippen LogP) is 4.92. The molecule has 0 aliphatic rings. The number of aryl methyl sites for hydroxylation is 1. The van der Waals surface area contributed by atoms with E-state index < -0.39 is 0 Å². The third kappa shape index (κ3) is 1.99. The smallest absolute Gasteiger partial charge is 0.195 e. The molecular weight excluding hydrogens is 292 g/mol. The van der Waals surface area contributed by atoms with Crippen LogP contribution in [0.5, 0.6) is 5.75 Å². The van der Waals surface area contributed by atoms with Crippen LogP contribution >= 0.6 is 11.3 Å². The maximum absolute atomic E-state index is 5.73. The van der Waals surface area contributed by atoms with E-state index in [1.807, 2.05) is 25.1 Å². The summed E-state index contributed by atoms with van der Waals surface area (Å²) >= 11 is 1.72. The van der Waals surface area contributed by atoms with Crippen molar-refractivity contribution >= 4 is 26.5 Å². The van der Waals surface area contributed by atoms with E-state index in [0.29, 0.717) is 6.61 Å². The molecule has 0 bridgehead atoms. The summed E-state index contributed by atoms with van der Waals surface area (Å²) < 4.78 is 9.19. The van der Waals surface area contributed by atoms with Crippen LogP contribution in [0.25, 0.3) is 26.4 Å². The minimum Gasteiger partial charge on any atom is -0.493 e. The molecule has 22 heavy (non-hydrogen) atoms. The van der Waals surface area contributed by atoms with Crippen LogP contribution in [0.2, 0.25) is 0 Å². The molecule has 4 aromatic rings. The summed E-state index contributed by atoms with van der Waals surface area (Å²) in [4.78, 5) is 5.82. The lowest BCUT2D eigenvalue weighted by atomic mass is 10.1. The third-order valence-corrected chi connectivity index (χ3v) is 4.80. The maximum atomic E-state index is 5.73. The van der Waals surface area contributed by atoms with Crippen LogP contribution in [0.15, 0.2) is 48.7 Å². The molecule has 0 spiro atoms. The van der Waals surface area contributed by atoms with Gasteiger partial charge in [-0.3, -0.25) is 4.40 Å². The van der Waals surface area contributed by atoms with Crippen LogP contribution in [0.3, 0.4) is 0 Å². The lowest BCUT2D eigenvalue weighted by Gasteiger charge is -2.07. The normalized spacial score (nSPS) is 11.4. The molecular formula is C18H16N2OS. The second-order valence-corrected chi connectivity index (χ2v) is 6.24. The lowest BCUT2D eigenvalue weighted by molar-refractivity contribution is 0.341. The van der Waals surface area contributed by atoms with Crippen molar-refractivity contribution in [1.82, 2.24) is 9.38 Å². The van der Waals surface area contributed by atoms with E-state index in [9.17, 15) is 0 Å². The van der Waals surface area contributed by atoms with Crippen molar-refractivity contribution in [3.63, 3.8) is 0 Å². The Hall–Kier alpha value is -2.33. The summed E-state index contributed by atoms with van der Waals surface area (Å²) in [5, 5.41) is 0. The van der Waals surface area contributed by atoms with Gasteiger partial charge in [-0.15, -0.1) is 0 Å². The van der Waals surface area contributed by atoms with Crippen LogP contribution in [-0.4, -0.2) is 16.0 Å². The van der Waals surface area contributed by atoms with Crippen molar-refractivity contribution < 1.29 is 4.74 Å². The van der Waals surface area contributed by atoms with Crippen molar-refractivity contribution in [2.45, 2.75) is 13.8 Å². The molecule has 3 nitrogen and oxygen atoms in total. The molecule has 4 rings (SSSR count). The highest BCUT2D eigenvalue weighted by atomic mass is 32.1. The first-order valence-electron chi connectivity index (χ1n) is 7.37. The number of rotatable bonds is 3. The topological polar surface area (TPSA) is 26.5 Å². The minimum absolute atomic E-state index is 0.654. The fourth-order valence-electron chi connectivity index (χ4n) is 2.81. The summed E-state index contributed by atoms with van der Waals surface area (Å²) in [7, 11) is 0. The van der Waals surface area contributed by atoms with Gasteiger partial charge in [0, 0.05) is 11.8 Å². The number of thiazole rings is 1. The Balaban J connectivity index is 1.94. The van der Waals surface area contributed by atoms with Crippen LogP contribution in [0, 0.1) is 6.92 Å². The van der Waals surface area contributed by atoms with Crippen molar-refractivity contribution in [2.24, 2.45) is 0 Å². The van der Waals surface area contributed by atoms with Gasteiger partial charge < -0.3 is 4.74 Å². The molecule has 0 saturated heterocycles. The van der Waals surface area contributed by atoms with E-state index in [1.54, 1.807) is 11.3 Å². The van der Waals surface area contributed by atoms with Crippen molar-refractivity contribution in [3.8, 4) is 17.0 Å².